The average Bonchev–Trinajstić information content (AvgIpc) is 2.09. The number of aliphatic imine (C=N–C) groups is 2. The summed E-state index contributed by atoms with van der Waals surface area (Å²) in [5.74, 6) is 0. The van der Waals surface area contributed by atoms with Gasteiger partial charge in [-0.05, 0) is 19.7 Å². The molecule has 0 atom stereocenters. The molecule has 2 nitrogen and oxygen atoms in total. The first-order valence-electron chi connectivity index (χ1n) is 3.85. The minimum absolute atomic E-state index is 0.907. The van der Waals surface area contributed by atoms with Crippen LogP contribution in [0.25, 0.3) is 0 Å². The van der Waals surface area contributed by atoms with E-state index in [1.54, 1.807) is 12.4 Å². The van der Waals surface area contributed by atoms with Crippen LogP contribution in [0.3, 0.4) is 0 Å². The molecule has 62 valence electrons. The first kappa shape index (κ1) is 8.65. The van der Waals surface area contributed by atoms with Crippen molar-refractivity contribution < 1.29 is 0 Å². The normalized spacial score (nSPS) is 20.1. The second-order valence-electron chi connectivity index (χ2n) is 2.59. The van der Waals surface area contributed by atoms with Crippen molar-refractivity contribution in [1.82, 2.24) is 0 Å². The molecular formula is C10H12N2. The highest BCUT2D eigenvalue weighted by atomic mass is 14.7. The minimum Gasteiger partial charge on any atom is -0.271 e. The van der Waals surface area contributed by atoms with Crippen LogP contribution >= 0.6 is 0 Å². The molecule has 0 bridgehead atoms. The van der Waals surface area contributed by atoms with Gasteiger partial charge in [0.2, 0.25) is 0 Å². The first-order valence-corrected chi connectivity index (χ1v) is 3.85. The third-order valence-corrected chi connectivity index (χ3v) is 1.58. The summed E-state index contributed by atoms with van der Waals surface area (Å²) >= 11 is 0. The summed E-state index contributed by atoms with van der Waals surface area (Å²) in [6.45, 7) is 5.40. The molecule has 0 aliphatic heterocycles. The number of hydrogen-bond acceptors (Lipinski definition) is 2. The highest BCUT2D eigenvalue weighted by Crippen LogP contribution is 2.06. The molecule has 0 heterocycles. The Hall–Kier alpha value is -1.44. The van der Waals surface area contributed by atoms with Crippen LogP contribution in [-0.2, 0) is 0 Å². The van der Waals surface area contributed by atoms with E-state index in [9.17, 15) is 0 Å². The summed E-state index contributed by atoms with van der Waals surface area (Å²) in [6.07, 6.45) is 10.4. The summed E-state index contributed by atoms with van der Waals surface area (Å²) in [7, 11) is 0. The Labute approximate surface area is 72.7 Å². The smallest absolute Gasteiger partial charge is 0.0454 e. The molecular weight excluding hydrogens is 148 g/mol. The lowest BCUT2D eigenvalue weighted by atomic mass is 10.1. The molecule has 0 N–H and O–H groups in total. The van der Waals surface area contributed by atoms with Crippen LogP contribution in [0.1, 0.15) is 13.3 Å². The fourth-order valence-electron chi connectivity index (χ4n) is 0.901. The molecule has 0 fully saturated rings. The lowest BCUT2D eigenvalue weighted by Crippen LogP contribution is -1.95. The molecule has 0 radical (unpaired) electrons. The summed E-state index contributed by atoms with van der Waals surface area (Å²) < 4.78 is 0. The van der Waals surface area contributed by atoms with Crippen LogP contribution in [0.5, 0.6) is 0 Å². The van der Waals surface area contributed by atoms with E-state index in [1.165, 1.54) is 5.57 Å². The van der Waals surface area contributed by atoms with Crippen molar-refractivity contribution in [2.75, 3.05) is 0 Å². The standard InChI is InChI=1S/C10H12N2/c1-9-3-5-10(6-4-9)12-8-7-11-2/h3-5,7-8H,2,6H2,1H3/b8-7-,12-10-. The quantitative estimate of drug-likeness (QED) is 0.554. The molecule has 1 aliphatic carbocycles. The highest BCUT2D eigenvalue weighted by Gasteiger charge is 1.96. The zero-order valence-corrected chi connectivity index (χ0v) is 7.20. The maximum Gasteiger partial charge on any atom is 0.0454 e. The van der Waals surface area contributed by atoms with Crippen molar-refractivity contribution in [2.45, 2.75) is 13.3 Å². The van der Waals surface area contributed by atoms with Gasteiger partial charge in [-0.2, -0.15) is 0 Å². The Bertz CT molecular complexity index is 280. The Morgan fingerprint density at radius 2 is 2.25 bits per heavy atom. The van der Waals surface area contributed by atoms with Crippen molar-refractivity contribution >= 4 is 12.4 Å². The van der Waals surface area contributed by atoms with Gasteiger partial charge in [0.1, 0.15) is 0 Å². The number of rotatable bonds is 2. The Kier molecular flexibility index (Phi) is 3.20. The Morgan fingerprint density at radius 1 is 1.42 bits per heavy atom. The first-order chi connectivity index (χ1) is 5.83. The topological polar surface area (TPSA) is 24.7 Å². The maximum absolute atomic E-state index is 4.18. The second kappa shape index (κ2) is 4.44. The second-order valence-corrected chi connectivity index (χ2v) is 2.59. The molecule has 0 saturated carbocycles. The van der Waals surface area contributed by atoms with Crippen LogP contribution < -0.4 is 0 Å². The fourth-order valence-corrected chi connectivity index (χ4v) is 0.901. The van der Waals surface area contributed by atoms with E-state index in [-0.39, 0.29) is 0 Å². The molecule has 1 aliphatic rings. The molecule has 0 saturated heterocycles. The molecule has 12 heavy (non-hydrogen) atoms. The molecule has 1 rings (SSSR count). The molecule has 0 unspecified atom stereocenters. The van der Waals surface area contributed by atoms with Crippen LogP contribution in [0, 0.1) is 0 Å². The van der Waals surface area contributed by atoms with Crippen molar-refractivity contribution in [3.05, 3.63) is 36.2 Å². The van der Waals surface area contributed by atoms with Crippen LogP contribution in [0.4, 0.5) is 0 Å². The Morgan fingerprint density at radius 3 is 2.83 bits per heavy atom. The van der Waals surface area contributed by atoms with E-state index < -0.39 is 0 Å². The minimum atomic E-state index is 0.907. The molecule has 0 aromatic heterocycles. The van der Waals surface area contributed by atoms with Gasteiger partial charge in [0.05, 0.1) is 0 Å². The van der Waals surface area contributed by atoms with Gasteiger partial charge in [-0.15, -0.1) is 0 Å². The van der Waals surface area contributed by atoms with E-state index in [4.69, 9.17) is 0 Å². The van der Waals surface area contributed by atoms with Crippen LogP contribution in [0.15, 0.2) is 46.2 Å². The molecule has 0 amide bonds. The van der Waals surface area contributed by atoms with Gasteiger partial charge in [-0.25, -0.2) is 0 Å². The Balaban J connectivity index is 2.58. The van der Waals surface area contributed by atoms with Gasteiger partial charge in [0, 0.05) is 24.5 Å². The lowest BCUT2D eigenvalue weighted by molar-refractivity contribution is 1.33. The van der Waals surface area contributed by atoms with Gasteiger partial charge in [-0.1, -0.05) is 17.7 Å². The van der Waals surface area contributed by atoms with Gasteiger partial charge < -0.3 is 0 Å². The summed E-state index contributed by atoms with van der Waals surface area (Å²) in [5, 5.41) is 0. The highest BCUT2D eigenvalue weighted by molar-refractivity contribution is 5.97. The zero-order valence-electron chi connectivity index (χ0n) is 7.20. The van der Waals surface area contributed by atoms with E-state index in [2.05, 4.69) is 35.8 Å². The van der Waals surface area contributed by atoms with Crippen molar-refractivity contribution in [2.24, 2.45) is 9.98 Å². The molecule has 2 heteroatoms. The van der Waals surface area contributed by atoms with E-state index in [0.717, 1.165) is 12.1 Å². The summed E-state index contributed by atoms with van der Waals surface area (Å²) in [4.78, 5) is 7.74. The van der Waals surface area contributed by atoms with Crippen molar-refractivity contribution in [3.63, 3.8) is 0 Å². The zero-order chi connectivity index (χ0) is 8.81. The third-order valence-electron chi connectivity index (χ3n) is 1.58. The summed E-state index contributed by atoms with van der Waals surface area (Å²) in [6, 6.07) is 0. The van der Waals surface area contributed by atoms with Crippen LogP contribution in [-0.4, -0.2) is 12.4 Å². The van der Waals surface area contributed by atoms with Gasteiger partial charge in [0.15, 0.2) is 0 Å². The summed E-state index contributed by atoms with van der Waals surface area (Å²) in [5.41, 5.74) is 2.35. The van der Waals surface area contributed by atoms with Gasteiger partial charge in [0.25, 0.3) is 0 Å². The van der Waals surface area contributed by atoms with Gasteiger partial charge in [-0.3, -0.25) is 9.98 Å². The lowest BCUT2D eigenvalue weighted by Gasteiger charge is -2.01. The average molecular weight is 160 g/mol. The monoisotopic (exact) mass is 160 g/mol. The predicted molar refractivity (Wildman–Crippen MR) is 53.6 cm³/mol. The number of allylic oxidation sites excluding steroid dienone is 4. The van der Waals surface area contributed by atoms with Crippen LogP contribution in [0.2, 0.25) is 0 Å². The number of nitrogens with zero attached hydrogens (tertiary/aromatic N) is 2. The maximum atomic E-state index is 4.18. The predicted octanol–water partition coefficient (Wildman–Crippen LogP) is 2.51. The largest absolute Gasteiger partial charge is 0.271 e. The van der Waals surface area contributed by atoms with E-state index in [0.29, 0.717) is 0 Å². The van der Waals surface area contributed by atoms with Crippen molar-refractivity contribution in [1.29, 1.82) is 0 Å². The van der Waals surface area contributed by atoms with E-state index >= 15 is 0 Å². The van der Waals surface area contributed by atoms with E-state index in [1.807, 2.05) is 6.08 Å². The molecule has 0 spiro atoms. The van der Waals surface area contributed by atoms with Gasteiger partial charge >= 0.3 is 0 Å². The molecule has 0 aromatic rings. The molecule has 0 aromatic carbocycles. The third kappa shape index (κ3) is 2.66. The van der Waals surface area contributed by atoms with Crippen molar-refractivity contribution in [3.8, 4) is 0 Å². The fraction of sp³-hybridized carbons (Fsp3) is 0.200. The SMILES string of the molecule is C=N/C=C\N=C1\C=CC(C)=CC1. The number of hydrogen-bond donors (Lipinski definition) is 0.